The van der Waals surface area contributed by atoms with E-state index in [1.807, 2.05) is 0 Å². The van der Waals surface area contributed by atoms with Gasteiger partial charge in [0.2, 0.25) is 5.91 Å². The van der Waals surface area contributed by atoms with Crippen molar-refractivity contribution in [2.75, 3.05) is 6.67 Å². The van der Waals surface area contributed by atoms with Gasteiger partial charge in [-0.25, -0.2) is 0 Å². The summed E-state index contributed by atoms with van der Waals surface area (Å²) in [7, 11) is 0. The molecule has 2 rings (SSSR count). The third-order valence-electron chi connectivity index (χ3n) is 4.46. The summed E-state index contributed by atoms with van der Waals surface area (Å²) in [5, 5.41) is 3.39. The number of carbonyl (C=O) groups is 1. The molecule has 0 aromatic heterocycles. The molecule has 18 heavy (non-hydrogen) atoms. The van der Waals surface area contributed by atoms with Crippen LogP contribution in [0, 0.1) is 11.8 Å². The fraction of sp³-hybridized carbons (Fsp3) is 0.933. The van der Waals surface area contributed by atoms with Crippen LogP contribution in [0.3, 0.4) is 0 Å². The first-order valence-electron chi connectivity index (χ1n) is 7.61. The highest BCUT2D eigenvalue weighted by Gasteiger charge is 2.35. The minimum absolute atomic E-state index is 0.0747. The minimum Gasteiger partial charge on any atom is -0.326 e. The SMILES string of the molecule is CC(C)CC1NCN(C2CCCC(C)CC2)C1=O. The maximum absolute atomic E-state index is 12.4. The first-order valence-corrected chi connectivity index (χ1v) is 7.61. The van der Waals surface area contributed by atoms with Gasteiger partial charge >= 0.3 is 0 Å². The lowest BCUT2D eigenvalue weighted by atomic mass is 10.0. The van der Waals surface area contributed by atoms with E-state index in [2.05, 4.69) is 31.0 Å². The van der Waals surface area contributed by atoms with Gasteiger partial charge in [-0.1, -0.05) is 33.6 Å². The molecule has 1 saturated carbocycles. The van der Waals surface area contributed by atoms with E-state index in [9.17, 15) is 4.79 Å². The van der Waals surface area contributed by atoms with E-state index in [4.69, 9.17) is 0 Å². The molecular weight excluding hydrogens is 224 g/mol. The molecule has 2 aliphatic rings. The molecule has 0 radical (unpaired) electrons. The Morgan fingerprint density at radius 3 is 2.78 bits per heavy atom. The van der Waals surface area contributed by atoms with Gasteiger partial charge in [0.05, 0.1) is 12.7 Å². The Morgan fingerprint density at radius 2 is 2.06 bits per heavy atom. The van der Waals surface area contributed by atoms with Crippen molar-refractivity contribution in [3.63, 3.8) is 0 Å². The summed E-state index contributed by atoms with van der Waals surface area (Å²) in [4.78, 5) is 14.5. The first-order chi connectivity index (χ1) is 8.58. The Kier molecular flexibility index (Phi) is 4.66. The summed E-state index contributed by atoms with van der Waals surface area (Å²) in [5.41, 5.74) is 0. The number of carbonyl (C=O) groups excluding carboxylic acids is 1. The van der Waals surface area contributed by atoms with Crippen LogP contribution in [0.5, 0.6) is 0 Å². The zero-order valence-electron chi connectivity index (χ0n) is 12.1. The average molecular weight is 252 g/mol. The van der Waals surface area contributed by atoms with Crippen molar-refractivity contribution in [1.29, 1.82) is 0 Å². The van der Waals surface area contributed by atoms with Crippen LogP contribution in [-0.2, 0) is 4.79 Å². The summed E-state index contributed by atoms with van der Waals surface area (Å²) in [5.74, 6) is 1.77. The van der Waals surface area contributed by atoms with Gasteiger partial charge in [0.1, 0.15) is 0 Å². The number of rotatable bonds is 3. The van der Waals surface area contributed by atoms with E-state index in [0.29, 0.717) is 17.9 Å². The third-order valence-corrected chi connectivity index (χ3v) is 4.46. The number of hydrogen-bond donors (Lipinski definition) is 1. The highest BCUT2D eigenvalue weighted by Crippen LogP contribution is 2.27. The Bertz CT molecular complexity index is 290. The summed E-state index contributed by atoms with van der Waals surface area (Å²) in [6.07, 6.45) is 7.27. The third kappa shape index (κ3) is 3.25. The molecule has 1 amide bonds. The van der Waals surface area contributed by atoms with Crippen molar-refractivity contribution in [2.45, 2.75) is 71.4 Å². The summed E-state index contributed by atoms with van der Waals surface area (Å²) in [6, 6.07) is 0.567. The number of nitrogens with one attached hydrogen (secondary N) is 1. The monoisotopic (exact) mass is 252 g/mol. The molecule has 2 fully saturated rings. The van der Waals surface area contributed by atoms with Crippen molar-refractivity contribution in [3.8, 4) is 0 Å². The van der Waals surface area contributed by atoms with Crippen LogP contribution in [0.1, 0.15) is 59.3 Å². The number of hydrogen-bond acceptors (Lipinski definition) is 2. The van der Waals surface area contributed by atoms with Gasteiger partial charge in [-0.15, -0.1) is 0 Å². The van der Waals surface area contributed by atoms with Crippen LogP contribution in [0.2, 0.25) is 0 Å². The van der Waals surface area contributed by atoms with Crippen LogP contribution in [0.25, 0.3) is 0 Å². The van der Waals surface area contributed by atoms with Gasteiger partial charge < -0.3 is 4.90 Å². The van der Waals surface area contributed by atoms with Gasteiger partial charge in [0.15, 0.2) is 0 Å². The average Bonchev–Trinajstić information content (AvgIpc) is 2.53. The molecule has 104 valence electrons. The standard InChI is InChI=1S/C15H28N2O/c1-11(2)9-14-15(18)17(10-16-14)13-6-4-5-12(3)7-8-13/h11-14,16H,4-10H2,1-3H3. The van der Waals surface area contributed by atoms with Crippen LogP contribution in [-0.4, -0.2) is 29.6 Å². The van der Waals surface area contributed by atoms with E-state index >= 15 is 0 Å². The first kappa shape index (κ1) is 13.9. The van der Waals surface area contributed by atoms with Gasteiger partial charge in [-0.2, -0.15) is 0 Å². The molecule has 0 spiro atoms. The molecule has 1 aliphatic heterocycles. The van der Waals surface area contributed by atoms with E-state index in [0.717, 1.165) is 19.0 Å². The van der Waals surface area contributed by atoms with Gasteiger partial charge in [-0.05, 0) is 37.5 Å². The lowest BCUT2D eigenvalue weighted by molar-refractivity contribution is -0.131. The molecule has 1 aliphatic carbocycles. The van der Waals surface area contributed by atoms with Gasteiger partial charge in [-0.3, -0.25) is 10.1 Å². The molecule has 3 unspecified atom stereocenters. The maximum Gasteiger partial charge on any atom is 0.241 e. The molecule has 3 atom stereocenters. The Balaban J connectivity index is 1.91. The van der Waals surface area contributed by atoms with E-state index in [-0.39, 0.29) is 6.04 Å². The second kappa shape index (κ2) is 6.05. The van der Waals surface area contributed by atoms with Crippen LogP contribution >= 0.6 is 0 Å². The van der Waals surface area contributed by atoms with Crippen LogP contribution in [0.4, 0.5) is 0 Å². The van der Waals surface area contributed by atoms with Crippen molar-refractivity contribution in [2.24, 2.45) is 11.8 Å². The summed E-state index contributed by atoms with van der Waals surface area (Å²) in [6.45, 7) is 7.49. The summed E-state index contributed by atoms with van der Waals surface area (Å²) >= 11 is 0. The second-order valence-electron chi connectivity index (χ2n) is 6.62. The van der Waals surface area contributed by atoms with Crippen molar-refractivity contribution < 1.29 is 4.79 Å². The zero-order chi connectivity index (χ0) is 13.1. The molecular formula is C15H28N2O. The smallest absolute Gasteiger partial charge is 0.241 e. The molecule has 0 aromatic carbocycles. The lowest BCUT2D eigenvalue weighted by Crippen LogP contribution is -2.38. The molecule has 1 heterocycles. The Hall–Kier alpha value is -0.570. The van der Waals surface area contributed by atoms with E-state index in [1.165, 1.54) is 32.1 Å². The zero-order valence-corrected chi connectivity index (χ0v) is 12.1. The fourth-order valence-electron chi connectivity index (χ4n) is 3.32. The minimum atomic E-state index is 0.0747. The van der Waals surface area contributed by atoms with Crippen molar-refractivity contribution >= 4 is 5.91 Å². The predicted molar refractivity (Wildman–Crippen MR) is 74.1 cm³/mol. The number of amides is 1. The van der Waals surface area contributed by atoms with Crippen molar-refractivity contribution in [1.82, 2.24) is 10.2 Å². The quantitative estimate of drug-likeness (QED) is 0.783. The molecule has 1 N–H and O–H groups in total. The second-order valence-corrected chi connectivity index (χ2v) is 6.62. The predicted octanol–water partition coefficient (Wildman–Crippen LogP) is 2.76. The Morgan fingerprint density at radius 1 is 1.28 bits per heavy atom. The van der Waals surface area contributed by atoms with Crippen LogP contribution in [0.15, 0.2) is 0 Å². The van der Waals surface area contributed by atoms with E-state index in [1.54, 1.807) is 0 Å². The molecule has 3 nitrogen and oxygen atoms in total. The topological polar surface area (TPSA) is 32.3 Å². The van der Waals surface area contributed by atoms with Gasteiger partial charge in [0, 0.05) is 6.04 Å². The fourth-order valence-corrected chi connectivity index (χ4v) is 3.32. The normalized spacial score (nSPS) is 34.1. The maximum atomic E-state index is 12.4. The largest absolute Gasteiger partial charge is 0.326 e. The lowest BCUT2D eigenvalue weighted by Gasteiger charge is -2.26. The molecule has 1 saturated heterocycles. The highest BCUT2D eigenvalue weighted by molar-refractivity contribution is 5.84. The van der Waals surface area contributed by atoms with Crippen LogP contribution < -0.4 is 5.32 Å². The van der Waals surface area contributed by atoms with Gasteiger partial charge in [0.25, 0.3) is 0 Å². The Labute approximate surface area is 111 Å². The summed E-state index contributed by atoms with van der Waals surface area (Å²) < 4.78 is 0. The number of nitrogens with zero attached hydrogens (tertiary/aromatic N) is 1. The highest BCUT2D eigenvalue weighted by atomic mass is 16.2. The van der Waals surface area contributed by atoms with Crippen molar-refractivity contribution in [3.05, 3.63) is 0 Å². The molecule has 0 aromatic rings. The molecule has 3 heteroatoms. The molecule has 0 bridgehead atoms. The van der Waals surface area contributed by atoms with E-state index < -0.39 is 0 Å².